The largest absolute Gasteiger partial charge is 0.465 e. The fraction of sp³-hybridized carbons (Fsp3) is 0.167. The number of ether oxygens (including phenoxy) is 1. The Labute approximate surface area is 138 Å². The van der Waals surface area contributed by atoms with Crippen molar-refractivity contribution in [3.05, 3.63) is 53.7 Å². The standard InChI is InChI=1S/C18H16N2O4/c1-19(2)17(22)16(21)11-8-9-14-15(18(23)24-3)12-6-4-5-7-13(12)20(14)10-11/h4-10H,1-3H3. The van der Waals surface area contributed by atoms with Gasteiger partial charge >= 0.3 is 5.97 Å². The predicted octanol–water partition coefficient (Wildman–Crippen LogP) is 2.15. The van der Waals surface area contributed by atoms with E-state index in [1.807, 2.05) is 24.3 Å². The minimum Gasteiger partial charge on any atom is -0.465 e. The first kappa shape index (κ1) is 15.7. The Morgan fingerprint density at radius 1 is 1.00 bits per heavy atom. The molecular formula is C18H16N2O4. The summed E-state index contributed by atoms with van der Waals surface area (Å²) in [5.74, 6) is -1.64. The molecule has 6 heteroatoms. The number of nitrogens with zero attached hydrogens (tertiary/aromatic N) is 2. The number of hydrogen-bond donors (Lipinski definition) is 0. The average Bonchev–Trinajstić information content (AvgIpc) is 2.93. The van der Waals surface area contributed by atoms with Crippen LogP contribution in [-0.2, 0) is 9.53 Å². The van der Waals surface area contributed by atoms with Crippen LogP contribution in [0.5, 0.6) is 0 Å². The molecule has 3 rings (SSSR count). The number of carbonyl (C=O) groups is 3. The Hall–Kier alpha value is -3.15. The lowest BCUT2D eigenvalue weighted by molar-refractivity contribution is -0.124. The molecule has 0 saturated carbocycles. The number of rotatable bonds is 3. The first-order valence-corrected chi connectivity index (χ1v) is 7.32. The molecule has 0 aliphatic heterocycles. The number of likely N-dealkylation sites (N-methyl/N-ethyl adjacent to an activating group) is 1. The quantitative estimate of drug-likeness (QED) is 0.420. The van der Waals surface area contributed by atoms with Gasteiger partial charge in [-0.3, -0.25) is 9.59 Å². The molecule has 0 unspecified atom stereocenters. The smallest absolute Gasteiger partial charge is 0.340 e. The normalized spacial score (nSPS) is 10.8. The fourth-order valence-electron chi connectivity index (χ4n) is 2.71. The molecule has 0 aliphatic carbocycles. The first-order chi connectivity index (χ1) is 11.5. The lowest BCUT2D eigenvalue weighted by Gasteiger charge is -2.09. The highest BCUT2D eigenvalue weighted by Crippen LogP contribution is 2.27. The molecule has 1 aromatic carbocycles. The van der Waals surface area contributed by atoms with Crippen LogP contribution in [0.2, 0.25) is 0 Å². The van der Waals surface area contributed by atoms with Crippen LogP contribution in [0.25, 0.3) is 16.4 Å². The molecule has 24 heavy (non-hydrogen) atoms. The van der Waals surface area contributed by atoms with Crippen molar-refractivity contribution in [1.29, 1.82) is 0 Å². The van der Waals surface area contributed by atoms with E-state index in [1.165, 1.54) is 26.1 Å². The van der Waals surface area contributed by atoms with Crippen molar-refractivity contribution in [3.63, 3.8) is 0 Å². The van der Waals surface area contributed by atoms with E-state index >= 15 is 0 Å². The summed E-state index contributed by atoms with van der Waals surface area (Å²) >= 11 is 0. The summed E-state index contributed by atoms with van der Waals surface area (Å²) in [6.45, 7) is 0. The van der Waals surface area contributed by atoms with Crippen molar-refractivity contribution in [3.8, 4) is 0 Å². The zero-order valence-corrected chi connectivity index (χ0v) is 13.6. The van der Waals surface area contributed by atoms with E-state index < -0.39 is 17.7 Å². The van der Waals surface area contributed by atoms with Gasteiger partial charge in [0.2, 0.25) is 0 Å². The third-order valence-corrected chi connectivity index (χ3v) is 3.89. The van der Waals surface area contributed by atoms with Crippen LogP contribution in [0.4, 0.5) is 0 Å². The molecular weight excluding hydrogens is 308 g/mol. The van der Waals surface area contributed by atoms with E-state index in [0.717, 1.165) is 10.9 Å². The van der Waals surface area contributed by atoms with Gasteiger partial charge in [0.15, 0.2) is 0 Å². The number of ketones is 1. The zero-order chi connectivity index (χ0) is 17.4. The minimum absolute atomic E-state index is 0.262. The molecule has 0 bridgehead atoms. The molecule has 122 valence electrons. The van der Waals surface area contributed by atoms with Gasteiger partial charge in [-0.05, 0) is 18.2 Å². The number of aromatic nitrogens is 1. The highest BCUT2D eigenvalue weighted by atomic mass is 16.5. The van der Waals surface area contributed by atoms with Gasteiger partial charge in [-0.1, -0.05) is 18.2 Å². The average molecular weight is 324 g/mol. The molecule has 1 amide bonds. The predicted molar refractivity (Wildman–Crippen MR) is 89.3 cm³/mol. The maximum Gasteiger partial charge on any atom is 0.340 e. The highest BCUT2D eigenvalue weighted by Gasteiger charge is 2.22. The fourth-order valence-corrected chi connectivity index (χ4v) is 2.71. The van der Waals surface area contributed by atoms with Crippen LogP contribution in [-0.4, -0.2) is 48.2 Å². The summed E-state index contributed by atoms with van der Waals surface area (Å²) in [6.07, 6.45) is 1.58. The Kier molecular flexibility index (Phi) is 3.81. The Balaban J connectivity index is 2.28. The summed E-state index contributed by atoms with van der Waals surface area (Å²) < 4.78 is 6.61. The van der Waals surface area contributed by atoms with Gasteiger partial charge < -0.3 is 14.0 Å². The van der Waals surface area contributed by atoms with Crippen LogP contribution in [0.15, 0.2) is 42.6 Å². The maximum absolute atomic E-state index is 12.3. The third-order valence-electron chi connectivity index (χ3n) is 3.89. The van der Waals surface area contributed by atoms with Crippen molar-refractivity contribution >= 4 is 34.1 Å². The second-order valence-electron chi connectivity index (χ2n) is 5.59. The van der Waals surface area contributed by atoms with E-state index in [-0.39, 0.29) is 5.56 Å². The van der Waals surface area contributed by atoms with Crippen LogP contribution < -0.4 is 0 Å². The zero-order valence-electron chi connectivity index (χ0n) is 13.6. The molecule has 2 heterocycles. The number of pyridine rings is 1. The van der Waals surface area contributed by atoms with Crippen molar-refractivity contribution in [2.45, 2.75) is 0 Å². The molecule has 0 atom stereocenters. The molecule has 0 N–H and O–H groups in total. The number of Topliss-reactive ketones (excluding diaryl/α,β-unsaturated/α-hetero) is 1. The monoisotopic (exact) mass is 324 g/mol. The van der Waals surface area contributed by atoms with Crippen LogP contribution in [0.1, 0.15) is 20.7 Å². The molecule has 2 aromatic heterocycles. The molecule has 3 aromatic rings. The summed E-state index contributed by atoms with van der Waals surface area (Å²) in [6, 6.07) is 10.5. The Bertz CT molecular complexity index is 985. The number of esters is 1. The summed E-state index contributed by atoms with van der Waals surface area (Å²) in [5, 5.41) is 0.730. The van der Waals surface area contributed by atoms with Crippen molar-refractivity contribution < 1.29 is 19.1 Å². The van der Waals surface area contributed by atoms with Crippen LogP contribution >= 0.6 is 0 Å². The summed E-state index contributed by atoms with van der Waals surface area (Å²) in [7, 11) is 4.38. The third kappa shape index (κ3) is 2.32. The number of para-hydroxylation sites is 1. The number of benzene rings is 1. The van der Waals surface area contributed by atoms with Gasteiger partial charge in [0.05, 0.1) is 23.7 Å². The van der Waals surface area contributed by atoms with E-state index in [9.17, 15) is 14.4 Å². The topological polar surface area (TPSA) is 68.1 Å². The first-order valence-electron chi connectivity index (χ1n) is 7.32. The van der Waals surface area contributed by atoms with Gasteiger partial charge in [-0.25, -0.2) is 4.79 Å². The Morgan fingerprint density at radius 3 is 2.38 bits per heavy atom. The molecule has 0 aliphatic rings. The van der Waals surface area contributed by atoms with E-state index in [2.05, 4.69) is 0 Å². The number of carbonyl (C=O) groups excluding carboxylic acids is 3. The van der Waals surface area contributed by atoms with Crippen molar-refractivity contribution in [2.24, 2.45) is 0 Å². The van der Waals surface area contributed by atoms with Crippen molar-refractivity contribution in [1.82, 2.24) is 9.30 Å². The van der Waals surface area contributed by atoms with Gasteiger partial charge in [-0.15, -0.1) is 0 Å². The second-order valence-corrected chi connectivity index (χ2v) is 5.59. The Morgan fingerprint density at radius 2 is 1.71 bits per heavy atom. The second kappa shape index (κ2) is 5.81. The molecule has 0 saturated heterocycles. The van der Waals surface area contributed by atoms with Crippen molar-refractivity contribution in [2.75, 3.05) is 21.2 Å². The van der Waals surface area contributed by atoms with Gasteiger partial charge in [-0.2, -0.15) is 0 Å². The van der Waals surface area contributed by atoms with Crippen LogP contribution in [0.3, 0.4) is 0 Å². The van der Waals surface area contributed by atoms with Gasteiger partial charge in [0.25, 0.3) is 11.7 Å². The van der Waals surface area contributed by atoms with E-state index in [1.54, 1.807) is 22.7 Å². The highest BCUT2D eigenvalue weighted by molar-refractivity contribution is 6.42. The summed E-state index contributed by atoms with van der Waals surface area (Å²) in [5.41, 5.74) is 2.08. The minimum atomic E-state index is -0.598. The number of methoxy groups -OCH3 is 1. The summed E-state index contributed by atoms with van der Waals surface area (Å²) in [4.78, 5) is 37.6. The lowest BCUT2D eigenvalue weighted by Crippen LogP contribution is -2.30. The SMILES string of the molecule is COC(=O)c1c2ccccc2n2cc(C(=O)C(=O)N(C)C)ccc12. The molecule has 0 fully saturated rings. The van der Waals surface area contributed by atoms with Gasteiger partial charge in [0.1, 0.15) is 0 Å². The maximum atomic E-state index is 12.3. The number of fused-ring (bicyclic) bond motifs is 3. The van der Waals surface area contributed by atoms with Crippen LogP contribution in [0, 0.1) is 0 Å². The molecule has 0 spiro atoms. The van der Waals surface area contributed by atoms with E-state index in [0.29, 0.717) is 11.1 Å². The van der Waals surface area contributed by atoms with E-state index in [4.69, 9.17) is 4.74 Å². The molecule has 0 radical (unpaired) electrons. The lowest BCUT2D eigenvalue weighted by atomic mass is 10.1. The number of hydrogen-bond acceptors (Lipinski definition) is 4. The molecule has 6 nitrogen and oxygen atoms in total. The van der Waals surface area contributed by atoms with Gasteiger partial charge in [0, 0.05) is 31.2 Å². The number of amides is 1.